The third kappa shape index (κ3) is 3.64. The van der Waals surface area contributed by atoms with Crippen LogP contribution < -0.4 is 10.1 Å². The van der Waals surface area contributed by atoms with Gasteiger partial charge >= 0.3 is 12.3 Å². The zero-order valence-electron chi connectivity index (χ0n) is 16.7. The lowest BCUT2D eigenvalue weighted by Gasteiger charge is -2.32. The minimum Gasteiger partial charge on any atom is -0.480 e. The SMILES string of the molecule is CCN1C(=O)C2C(c3ccc(OC(F)(F)F)cc3)NC(CC(C)C)(C(=O)O)C2C1=O. The third-order valence-electron chi connectivity index (χ3n) is 5.65. The van der Waals surface area contributed by atoms with Crippen LogP contribution in [0.2, 0.25) is 0 Å². The minimum atomic E-state index is -4.84. The van der Waals surface area contributed by atoms with Crippen LogP contribution in [-0.4, -0.2) is 46.2 Å². The maximum absolute atomic E-state index is 13.0. The normalized spacial score (nSPS) is 28.9. The van der Waals surface area contributed by atoms with E-state index in [1.54, 1.807) is 6.92 Å². The van der Waals surface area contributed by atoms with Gasteiger partial charge in [-0.1, -0.05) is 26.0 Å². The fourth-order valence-electron chi connectivity index (χ4n) is 4.65. The van der Waals surface area contributed by atoms with Crippen molar-refractivity contribution >= 4 is 17.8 Å². The molecule has 2 aliphatic heterocycles. The molecule has 2 N–H and O–H groups in total. The highest BCUT2D eigenvalue weighted by Crippen LogP contribution is 2.51. The van der Waals surface area contributed by atoms with E-state index in [0.717, 1.165) is 17.0 Å². The van der Waals surface area contributed by atoms with Gasteiger partial charge < -0.3 is 9.84 Å². The first kappa shape index (κ1) is 22.1. The Morgan fingerprint density at radius 1 is 1.23 bits per heavy atom. The van der Waals surface area contributed by atoms with Gasteiger partial charge in [-0.15, -0.1) is 13.2 Å². The average Bonchev–Trinajstić information content (AvgIpc) is 3.09. The van der Waals surface area contributed by atoms with Crippen molar-refractivity contribution in [3.8, 4) is 5.75 Å². The number of likely N-dealkylation sites (tertiary alicyclic amines) is 1. The number of carboxylic acid groups (broad SMARTS) is 1. The van der Waals surface area contributed by atoms with Crippen molar-refractivity contribution in [3.05, 3.63) is 29.8 Å². The van der Waals surface area contributed by atoms with Crippen molar-refractivity contribution in [1.82, 2.24) is 10.2 Å². The van der Waals surface area contributed by atoms with Crippen molar-refractivity contribution < 1.29 is 37.4 Å². The van der Waals surface area contributed by atoms with E-state index in [1.807, 2.05) is 13.8 Å². The molecule has 2 aliphatic rings. The van der Waals surface area contributed by atoms with E-state index in [1.165, 1.54) is 12.1 Å². The summed E-state index contributed by atoms with van der Waals surface area (Å²) in [6, 6.07) is 4.05. The summed E-state index contributed by atoms with van der Waals surface area (Å²) in [5.74, 6) is -4.83. The first-order valence-electron chi connectivity index (χ1n) is 9.63. The number of alkyl halides is 3. The summed E-state index contributed by atoms with van der Waals surface area (Å²) in [7, 11) is 0. The summed E-state index contributed by atoms with van der Waals surface area (Å²) in [5, 5.41) is 13.1. The zero-order valence-corrected chi connectivity index (χ0v) is 16.7. The standard InChI is InChI=1S/C20H23F3N2O5/c1-4-25-16(26)13-14(17(25)27)19(18(28)29,9-10(2)3)24-15(13)11-5-7-12(8-6-11)30-20(21,22)23/h5-8,10,13-15,24H,4,9H2,1-3H3,(H,28,29). The van der Waals surface area contributed by atoms with Gasteiger partial charge in [-0.05, 0) is 37.0 Å². The Balaban J connectivity index is 2.04. The van der Waals surface area contributed by atoms with E-state index in [0.29, 0.717) is 5.56 Å². The minimum absolute atomic E-state index is 0.0888. The Morgan fingerprint density at radius 3 is 2.30 bits per heavy atom. The number of hydrogen-bond donors (Lipinski definition) is 2. The largest absolute Gasteiger partial charge is 0.573 e. The van der Waals surface area contributed by atoms with Crippen LogP contribution in [0.1, 0.15) is 38.8 Å². The number of halogens is 3. The molecule has 0 bridgehead atoms. The van der Waals surface area contributed by atoms with Gasteiger partial charge in [-0.2, -0.15) is 0 Å². The summed E-state index contributed by atoms with van der Waals surface area (Å²) in [6.07, 6.45) is -4.73. The molecule has 2 heterocycles. The number of aliphatic carboxylic acids is 1. The fraction of sp³-hybridized carbons (Fsp3) is 0.550. The van der Waals surface area contributed by atoms with Crippen LogP contribution in [0.5, 0.6) is 5.75 Å². The molecule has 0 aliphatic carbocycles. The molecule has 4 unspecified atom stereocenters. The van der Waals surface area contributed by atoms with Crippen molar-refractivity contribution in [2.45, 2.75) is 45.1 Å². The summed E-state index contributed by atoms with van der Waals surface area (Å²) >= 11 is 0. The maximum Gasteiger partial charge on any atom is 0.573 e. The summed E-state index contributed by atoms with van der Waals surface area (Å²) in [6.45, 7) is 5.38. The number of carbonyl (C=O) groups is 3. The van der Waals surface area contributed by atoms with E-state index in [4.69, 9.17) is 0 Å². The molecule has 164 valence electrons. The lowest BCUT2D eigenvalue weighted by atomic mass is 9.75. The predicted molar refractivity (Wildman–Crippen MR) is 98.2 cm³/mol. The topological polar surface area (TPSA) is 95.9 Å². The number of fused-ring (bicyclic) bond motifs is 1. The molecule has 30 heavy (non-hydrogen) atoms. The molecule has 2 amide bonds. The molecule has 1 aromatic rings. The average molecular weight is 428 g/mol. The van der Waals surface area contributed by atoms with E-state index in [9.17, 15) is 32.7 Å². The Bertz CT molecular complexity index is 855. The first-order valence-corrected chi connectivity index (χ1v) is 9.63. The smallest absolute Gasteiger partial charge is 0.480 e. The van der Waals surface area contributed by atoms with Gasteiger partial charge in [0.2, 0.25) is 11.8 Å². The fourth-order valence-corrected chi connectivity index (χ4v) is 4.65. The van der Waals surface area contributed by atoms with Crippen molar-refractivity contribution in [2.75, 3.05) is 6.54 Å². The highest BCUT2D eigenvalue weighted by Gasteiger charge is 2.68. The van der Waals surface area contributed by atoms with Gasteiger partial charge in [0.25, 0.3) is 0 Å². The molecule has 3 rings (SSSR count). The van der Waals surface area contributed by atoms with E-state index < -0.39 is 53.3 Å². The summed E-state index contributed by atoms with van der Waals surface area (Å²) < 4.78 is 41.1. The highest BCUT2D eigenvalue weighted by atomic mass is 19.4. The second kappa shape index (κ2) is 7.57. The first-order chi connectivity index (χ1) is 13.9. The molecule has 10 heteroatoms. The Morgan fingerprint density at radius 2 is 1.83 bits per heavy atom. The number of imide groups is 1. The van der Waals surface area contributed by atoms with Crippen LogP contribution in [0.15, 0.2) is 24.3 Å². The monoisotopic (exact) mass is 428 g/mol. The third-order valence-corrected chi connectivity index (χ3v) is 5.65. The van der Waals surface area contributed by atoms with Crippen LogP contribution in [-0.2, 0) is 14.4 Å². The number of carbonyl (C=O) groups excluding carboxylic acids is 2. The Hall–Kier alpha value is -2.62. The molecule has 0 aromatic heterocycles. The van der Waals surface area contributed by atoms with Gasteiger partial charge in [-0.25, -0.2) is 0 Å². The molecule has 4 atom stereocenters. The molecule has 0 spiro atoms. The number of nitrogens with one attached hydrogen (secondary N) is 1. The van der Waals surface area contributed by atoms with Crippen LogP contribution in [0.4, 0.5) is 13.2 Å². The number of rotatable bonds is 6. The number of amides is 2. The molecule has 2 fully saturated rings. The molecule has 1 aromatic carbocycles. The molecule has 0 saturated carbocycles. The number of ether oxygens (including phenoxy) is 1. The van der Waals surface area contributed by atoms with Crippen LogP contribution >= 0.6 is 0 Å². The number of nitrogens with zero attached hydrogens (tertiary/aromatic N) is 1. The lowest BCUT2D eigenvalue weighted by Crippen LogP contribution is -2.56. The Labute approximate surface area is 171 Å². The van der Waals surface area contributed by atoms with Gasteiger partial charge in [0, 0.05) is 12.6 Å². The number of hydrogen-bond acceptors (Lipinski definition) is 5. The van der Waals surface area contributed by atoms with E-state index in [-0.39, 0.29) is 18.9 Å². The van der Waals surface area contributed by atoms with E-state index >= 15 is 0 Å². The Kier molecular flexibility index (Phi) is 5.57. The highest BCUT2D eigenvalue weighted by molar-refractivity contribution is 6.09. The van der Waals surface area contributed by atoms with E-state index in [2.05, 4.69) is 10.1 Å². The molecular weight excluding hydrogens is 405 g/mol. The predicted octanol–water partition coefficient (Wildman–Crippen LogP) is 2.72. The molecule has 2 saturated heterocycles. The van der Waals surface area contributed by atoms with Crippen molar-refractivity contribution in [3.63, 3.8) is 0 Å². The number of carboxylic acids is 1. The zero-order chi connectivity index (χ0) is 22.4. The summed E-state index contributed by atoms with van der Waals surface area (Å²) in [5.41, 5.74) is -1.24. The maximum atomic E-state index is 13.0. The van der Waals surface area contributed by atoms with Crippen molar-refractivity contribution in [1.29, 1.82) is 0 Å². The summed E-state index contributed by atoms with van der Waals surface area (Å²) in [4.78, 5) is 39.3. The second-order valence-corrected chi connectivity index (χ2v) is 8.04. The van der Waals surface area contributed by atoms with Crippen LogP contribution in [0.25, 0.3) is 0 Å². The quantitative estimate of drug-likeness (QED) is 0.677. The van der Waals surface area contributed by atoms with Gasteiger partial charge in [-0.3, -0.25) is 24.6 Å². The molecule has 7 nitrogen and oxygen atoms in total. The van der Waals surface area contributed by atoms with Crippen molar-refractivity contribution in [2.24, 2.45) is 17.8 Å². The molecular formula is C20H23F3N2O5. The lowest BCUT2D eigenvalue weighted by molar-refractivity contribution is -0.274. The van der Waals surface area contributed by atoms with Gasteiger partial charge in [0.05, 0.1) is 11.8 Å². The van der Waals surface area contributed by atoms with Crippen LogP contribution in [0.3, 0.4) is 0 Å². The van der Waals surface area contributed by atoms with Gasteiger partial charge in [0.1, 0.15) is 11.3 Å². The number of benzene rings is 1. The molecule has 0 radical (unpaired) electrons. The van der Waals surface area contributed by atoms with Gasteiger partial charge in [0.15, 0.2) is 0 Å². The van der Waals surface area contributed by atoms with Crippen LogP contribution in [0, 0.1) is 17.8 Å². The second-order valence-electron chi connectivity index (χ2n) is 8.04.